The van der Waals surface area contributed by atoms with Gasteiger partial charge in [0, 0.05) is 17.7 Å². The van der Waals surface area contributed by atoms with Gasteiger partial charge in [0.2, 0.25) is 5.91 Å². The van der Waals surface area contributed by atoms with E-state index in [0.717, 1.165) is 5.56 Å². The number of carbonyl (C=O) groups excluding carboxylic acids is 1. The van der Waals surface area contributed by atoms with Crippen LogP contribution in [0.15, 0.2) is 41.9 Å². The molecule has 0 fully saturated rings. The fourth-order valence-corrected chi connectivity index (χ4v) is 3.51. The first-order chi connectivity index (χ1) is 14.7. The van der Waals surface area contributed by atoms with E-state index in [1.807, 2.05) is 13.8 Å². The number of likely N-dealkylation sites (N-methyl/N-ethyl adjacent to an activating group) is 1. The zero-order valence-electron chi connectivity index (χ0n) is 17.4. The highest BCUT2D eigenvalue weighted by Crippen LogP contribution is 2.31. The van der Waals surface area contributed by atoms with Gasteiger partial charge in [0.05, 0.1) is 18.0 Å². The molecule has 1 amide bonds. The molecule has 0 radical (unpaired) electrons. The smallest absolute Gasteiger partial charge is 0.406 e. The second kappa shape index (κ2) is 10.9. The molecule has 2 rings (SSSR count). The first-order valence-corrected chi connectivity index (χ1v) is 10.3. The number of carbonyl (C=O) groups is 1. The molecule has 0 atom stereocenters. The van der Waals surface area contributed by atoms with Gasteiger partial charge < -0.3 is 9.64 Å². The van der Waals surface area contributed by atoms with E-state index >= 15 is 0 Å². The van der Waals surface area contributed by atoms with Gasteiger partial charge in [-0.05, 0) is 51.1 Å². The van der Waals surface area contributed by atoms with Crippen molar-refractivity contribution in [2.24, 2.45) is 0 Å². The number of alkyl halides is 3. The van der Waals surface area contributed by atoms with E-state index in [2.05, 4.69) is 33.1 Å². The normalized spacial score (nSPS) is 10.8. The molecule has 2 aromatic rings. The fraction of sp³-hybridized carbons (Fsp3) is 0.318. The predicted octanol–water partition coefficient (Wildman–Crippen LogP) is 5.00. The van der Waals surface area contributed by atoms with Gasteiger partial charge in [0.1, 0.15) is 16.6 Å². The lowest BCUT2D eigenvalue weighted by Gasteiger charge is -2.19. The molecule has 31 heavy (non-hydrogen) atoms. The van der Waals surface area contributed by atoms with Crippen LogP contribution in [-0.4, -0.2) is 39.4 Å². The summed E-state index contributed by atoms with van der Waals surface area (Å²) < 4.78 is 41.2. The van der Waals surface area contributed by atoms with E-state index in [1.54, 1.807) is 11.8 Å². The summed E-state index contributed by atoms with van der Waals surface area (Å²) in [7, 11) is 0. The van der Waals surface area contributed by atoms with E-state index in [1.165, 1.54) is 42.1 Å². The lowest BCUT2D eigenvalue weighted by molar-refractivity contribution is -0.274. The SMILES string of the molecule is C=CC(=O)N(CC)Cc1nc(SCC#CC)c(C)c(-c2ccc(OC(F)(F)F)cc2)n1. The molecule has 0 aliphatic rings. The molecule has 1 aromatic heterocycles. The summed E-state index contributed by atoms with van der Waals surface area (Å²) in [6.45, 7) is 9.56. The number of nitrogens with zero attached hydrogens (tertiary/aromatic N) is 3. The standard InChI is InChI=1S/C22H22F3N3O2S/c1-5-8-13-31-21-15(4)20(16-9-11-17(12-10-16)30-22(23,24)25)26-18(27-21)14-28(7-3)19(29)6-2/h6,9-12H,2,7,13-14H2,1,3-4H3. The maximum atomic E-state index is 12.4. The van der Waals surface area contributed by atoms with Gasteiger partial charge in [0.15, 0.2) is 0 Å². The van der Waals surface area contributed by atoms with Crippen LogP contribution in [0.2, 0.25) is 0 Å². The highest BCUT2D eigenvalue weighted by Gasteiger charge is 2.31. The van der Waals surface area contributed by atoms with Crippen molar-refractivity contribution in [3.8, 4) is 28.8 Å². The second-order valence-corrected chi connectivity index (χ2v) is 7.23. The zero-order chi connectivity index (χ0) is 23.0. The van der Waals surface area contributed by atoms with Crippen molar-refractivity contribution in [2.45, 2.75) is 38.7 Å². The first kappa shape index (κ1) is 24.3. The van der Waals surface area contributed by atoms with Crippen molar-refractivity contribution in [1.29, 1.82) is 0 Å². The monoisotopic (exact) mass is 449 g/mol. The number of amides is 1. The second-order valence-electron chi connectivity index (χ2n) is 6.26. The zero-order valence-corrected chi connectivity index (χ0v) is 18.2. The quantitative estimate of drug-likeness (QED) is 0.246. The Kier molecular flexibility index (Phi) is 8.51. The molecule has 0 aliphatic heterocycles. The van der Waals surface area contributed by atoms with Crippen LogP contribution >= 0.6 is 11.8 Å². The maximum absolute atomic E-state index is 12.4. The highest BCUT2D eigenvalue weighted by atomic mass is 32.2. The number of ether oxygens (including phenoxy) is 1. The van der Waals surface area contributed by atoms with Crippen LogP contribution in [0.4, 0.5) is 13.2 Å². The van der Waals surface area contributed by atoms with Gasteiger partial charge in [-0.1, -0.05) is 24.3 Å². The van der Waals surface area contributed by atoms with Crippen molar-refractivity contribution >= 4 is 17.7 Å². The lowest BCUT2D eigenvalue weighted by Crippen LogP contribution is -2.29. The van der Waals surface area contributed by atoms with Gasteiger partial charge in [-0.15, -0.1) is 19.1 Å². The highest BCUT2D eigenvalue weighted by molar-refractivity contribution is 7.99. The Labute approximate surface area is 183 Å². The third-order valence-corrected chi connectivity index (χ3v) is 5.13. The van der Waals surface area contributed by atoms with Crippen LogP contribution < -0.4 is 4.74 Å². The minimum atomic E-state index is -4.76. The van der Waals surface area contributed by atoms with Crippen LogP contribution in [0, 0.1) is 18.8 Å². The summed E-state index contributed by atoms with van der Waals surface area (Å²) in [5, 5.41) is 0.695. The minimum absolute atomic E-state index is 0.177. The Balaban J connectivity index is 2.46. The average molecular weight is 449 g/mol. The van der Waals surface area contributed by atoms with Gasteiger partial charge in [-0.25, -0.2) is 9.97 Å². The summed E-state index contributed by atoms with van der Waals surface area (Å²) in [6, 6.07) is 5.48. The number of rotatable bonds is 8. The van der Waals surface area contributed by atoms with Crippen LogP contribution in [-0.2, 0) is 11.3 Å². The summed E-state index contributed by atoms with van der Waals surface area (Å²) in [4.78, 5) is 22.8. The molecule has 0 N–H and O–H groups in total. The third kappa shape index (κ3) is 7.03. The van der Waals surface area contributed by atoms with Crippen LogP contribution in [0.25, 0.3) is 11.3 Å². The van der Waals surface area contributed by atoms with E-state index in [-0.39, 0.29) is 18.2 Å². The number of thioether (sulfide) groups is 1. The lowest BCUT2D eigenvalue weighted by atomic mass is 10.1. The summed E-state index contributed by atoms with van der Waals surface area (Å²) in [5.41, 5.74) is 1.95. The van der Waals surface area contributed by atoms with Gasteiger partial charge in [-0.2, -0.15) is 0 Å². The summed E-state index contributed by atoms with van der Waals surface area (Å²) in [6.07, 6.45) is -3.53. The number of hydrogen-bond donors (Lipinski definition) is 0. The van der Waals surface area contributed by atoms with Crippen LogP contribution in [0.1, 0.15) is 25.2 Å². The predicted molar refractivity (Wildman–Crippen MR) is 114 cm³/mol. The van der Waals surface area contributed by atoms with Crippen LogP contribution in [0.3, 0.4) is 0 Å². The van der Waals surface area contributed by atoms with Crippen molar-refractivity contribution < 1.29 is 22.7 Å². The topological polar surface area (TPSA) is 55.3 Å². The van der Waals surface area contributed by atoms with E-state index in [0.29, 0.717) is 34.4 Å². The van der Waals surface area contributed by atoms with Gasteiger partial charge in [0.25, 0.3) is 0 Å². The van der Waals surface area contributed by atoms with Crippen LogP contribution in [0.5, 0.6) is 5.75 Å². The Morgan fingerprint density at radius 1 is 1.29 bits per heavy atom. The Bertz CT molecular complexity index is 996. The number of hydrogen-bond acceptors (Lipinski definition) is 5. The van der Waals surface area contributed by atoms with Crippen molar-refractivity contribution in [3.63, 3.8) is 0 Å². The molecule has 9 heteroatoms. The average Bonchev–Trinajstić information content (AvgIpc) is 2.73. The van der Waals surface area contributed by atoms with E-state index in [9.17, 15) is 18.0 Å². The van der Waals surface area contributed by atoms with E-state index < -0.39 is 6.36 Å². The molecular formula is C22H22F3N3O2S. The Hall–Kier alpha value is -2.99. The van der Waals surface area contributed by atoms with Gasteiger partial charge in [-0.3, -0.25) is 4.79 Å². The molecule has 5 nitrogen and oxygen atoms in total. The molecule has 0 aliphatic carbocycles. The Morgan fingerprint density at radius 3 is 2.52 bits per heavy atom. The summed E-state index contributed by atoms with van der Waals surface area (Å²) in [5.74, 6) is 6.17. The molecule has 0 saturated carbocycles. The number of aromatic nitrogens is 2. The molecule has 0 spiro atoms. The van der Waals surface area contributed by atoms with Crippen molar-refractivity contribution in [2.75, 3.05) is 12.3 Å². The minimum Gasteiger partial charge on any atom is -0.406 e. The van der Waals surface area contributed by atoms with Gasteiger partial charge >= 0.3 is 6.36 Å². The summed E-state index contributed by atoms with van der Waals surface area (Å²) >= 11 is 1.43. The van der Waals surface area contributed by atoms with Crippen molar-refractivity contribution in [1.82, 2.24) is 14.9 Å². The number of benzene rings is 1. The fourth-order valence-electron chi connectivity index (χ4n) is 2.67. The molecule has 1 aromatic carbocycles. The third-order valence-electron chi connectivity index (χ3n) is 4.17. The maximum Gasteiger partial charge on any atom is 0.573 e. The molecule has 0 saturated heterocycles. The molecule has 0 bridgehead atoms. The first-order valence-electron chi connectivity index (χ1n) is 9.36. The molecule has 1 heterocycles. The number of halogens is 3. The molecular weight excluding hydrogens is 427 g/mol. The van der Waals surface area contributed by atoms with E-state index in [4.69, 9.17) is 0 Å². The molecule has 164 valence electrons. The largest absolute Gasteiger partial charge is 0.573 e. The Morgan fingerprint density at radius 2 is 1.97 bits per heavy atom. The van der Waals surface area contributed by atoms with Crippen molar-refractivity contribution in [3.05, 3.63) is 48.3 Å². The molecule has 0 unspecified atom stereocenters.